The van der Waals surface area contributed by atoms with Gasteiger partial charge < -0.3 is 14.4 Å². The molecule has 0 radical (unpaired) electrons. The summed E-state index contributed by atoms with van der Waals surface area (Å²) in [4.78, 5) is 17.3. The van der Waals surface area contributed by atoms with Gasteiger partial charge in [-0.1, -0.05) is 23.2 Å². The van der Waals surface area contributed by atoms with Crippen molar-refractivity contribution in [2.45, 2.75) is 12.3 Å². The molecule has 1 aliphatic rings. The van der Waals surface area contributed by atoms with Gasteiger partial charge in [0.2, 0.25) is 5.88 Å². The topological polar surface area (TPSA) is 51.7 Å². The first-order chi connectivity index (χ1) is 12.7. The molecule has 144 valence electrons. The van der Waals surface area contributed by atoms with Crippen LogP contribution in [0.4, 0.5) is 13.2 Å². The molecule has 1 aromatic carbocycles. The number of ether oxygens (including phenoxy) is 2. The van der Waals surface area contributed by atoms with Crippen molar-refractivity contribution in [3.63, 3.8) is 0 Å². The molecule has 0 unspecified atom stereocenters. The molecule has 0 atom stereocenters. The van der Waals surface area contributed by atoms with Gasteiger partial charge in [0.25, 0.3) is 5.91 Å². The summed E-state index contributed by atoms with van der Waals surface area (Å²) >= 11 is 11.7. The highest BCUT2D eigenvalue weighted by Gasteiger charge is 2.34. The highest BCUT2D eigenvalue weighted by atomic mass is 35.5. The molecular formula is C17H13Cl2F3N2O3. The largest absolute Gasteiger partial charge is 0.482 e. The van der Waals surface area contributed by atoms with E-state index in [4.69, 9.17) is 32.7 Å². The quantitative estimate of drug-likeness (QED) is 0.731. The summed E-state index contributed by atoms with van der Waals surface area (Å²) in [6.07, 6.45) is -3.86. The molecular weight excluding hydrogens is 408 g/mol. The van der Waals surface area contributed by atoms with Gasteiger partial charge in [0.05, 0.1) is 23.7 Å². The van der Waals surface area contributed by atoms with Crippen LogP contribution in [0.1, 0.15) is 5.56 Å². The normalized spacial score (nSPS) is 14.6. The smallest absolute Gasteiger partial charge is 0.416 e. The van der Waals surface area contributed by atoms with E-state index in [9.17, 15) is 18.0 Å². The van der Waals surface area contributed by atoms with Crippen molar-refractivity contribution in [3.05, 3.63) is 52.1 Å². The van der Waals surface area contributed by atoms with E-state index >= 15 is 0 Å². The van der Waals surface area contributed by atoms with Crippen molar-refractivity contribution in [1.29, 1.82) is 0 Å². The third-order valence-corrected chi connectivity index (χ3v) is 4.33. The van der Waals surface area contributed by atoms with Crippen LogP contribution < -0.4 is 9.47 Å². The number of carbonyl (C=O) groups is 1. The second-order valence-corrected chi connectivity index (χ2v) is 6.63. The summed E-state index contributed by atoms with van der Waals surface area (Å²) in [6, 6.07) is 6.33. The fraction of sp³-hybridized carbons (Fsp3) is 0.294. The van der Waals surface area contributed by atoms with Gasteiger partial charge in [-0.15, -0.1) is 0 Å². The molecule has 0 spiro atoms. The van der Waals surface area contributed by atoms with Crippen molar-refractivity contribution >= 4 is 29.1 Å². The van der Waals surface area contributed by atoms with Gasteiger partial charge in [-0.3, -0.25) is 4.79 Å². The number of aromatic nitrogens is 1. The minimum Gasteiger partial charge on any atom is -0.482 e. The maximum Gasteiger partial charge on any atom is 0.416 e. The van der Waals surface area contributed by atoms with Crippen molar-refractivity contribution in [2.24, 2.45) is 0 Å². The third-order valence-electron chi connectivity index (χ3n) is 3.80. The molecule has 5 nitrogen and oxygen atoms in total. The number of nitrogens with zero attached hydrogens (tertiary/aromatic N) is 2. The maximum atomic E-state index is 12.7. The zero-order valence-electron chi connectivity index (χ0n) is 13.7. The lowest BCUT2D eigenvalue weighted by molar-refractivity contribution is -0.142. The standard InChI is InChI=1S/C17H13Cl2F3N2O3/c18-11-1-2-14(13(19)6-11)26-9-16(25)24-7-12(8-24)27-15-5-10(3-4-23-15)17(20,21)22/h1-6,12H,7-9H2. The van der Waals surface area contributed by atoms with E-state index in [0.717, 1.165) is 18.3 Å². The van der Waals surface area contributed by atoms with Crippen LogP contribution in [-0.2, 0) is 11.0 Å². The van der Waals surface area contributed by atoms with Gasteiger partial charge in [-0.25, -0.2) is 4.98 Å². The molecule has 1 aromatic heterocycles. The first-order valence-corrected chi connectivity index (χ1v) is 8.53. The number of likely N-dealkylation sites (tertiary alicyclic amines) is 1. The van der Waals surface area contributed by atoms with E-state index in [1.54, 1.807) is 12.1 Å². The van der Waals surface area contributed by atoms with Crippen LogP contribution in [0, 0.1) is 0 Å². The van der Waals surface area contributed by atoms with Crippen LogP contribution in [0.5, 0.6) is 11.6 Å². The molecule has 2 heterocycles. The number of amides is 1. The number of carbonyl (C=O) groups excluding carboxylic acids is 1. The van der Waals surface area contributed by atoms with E-state index < -0.39 is 17.8 Å². The number of hydrogen-bond acceptors (Lipinski definition) is 4. The molecule has 0 N–H and O–H groups in total. The molecule has 1 amide bonds. The number of benzene rings is 1. The SMILES string of the molecule is O=C(COc1ccc(Cl)cc1Cl)N1CC(Oc2cc(C(F)(F)F)ccn2)C1. The average Bonchev–Trinajstić information content (AvgIpc) is 2.56. The summed E-state index contributed by atoms with van der Waals surface area (Å²) in [5.41, 5.74) is -0.840. The van der Waals surface area contributed by atoms with Gasteiger partial charge in [0, 0.05) is 17.3 Å². The molecule has 1 fully saturated rings. The van der Waals surface area contributed by atoms with Crippen LogP contribution in [0.25, 0.3) is 0 Å². The molecule has 1 saturated heterocycles. The van der Waals surface area contributed by atoms with Crippen molar-refractivity contribution < 1.29 is 27.4 Å². The molecule has 0 aliphatic carbocycles. The Hall–Kier alpha value is -2.19. The molecule has 10 heteroatoms. The van der Waals surface area contributed by atoms with Gasteiger partial charge in [-0.2, -0.15) is 13.2 Å². The number of rotatable bonds is 5. The molecule has 1 aliphatic heterocycles. The fourth-order valence-electron chi connectivity index (χ4n) is 2.36. The summed E-state index contributed by atoms with van der Waals surface area (Å²) in [6.45, 7) is 0.235. The molecule has 2 aromatic rings. The summed E-state index contributed by atoms with van der Waals surface area (Å²) in [5, 5.41) is 0.736. The predicted octanol–water partition coefficient (Wildman–Crippen LogP) is 4.08. The summed E-state index contributed by atoms with van der Waals surface area (Å²) in [5.74, 6) is -0.0973. The van der Waals surface area contributed by atoms with E-state index in [0.29, 0.717) is 10.8 Å². The minimum atomic E-state index is -4.47. The van der Waals surface area contributed by atoms with Crippen molar-refractivity contribution in [3.8, 4) is 11.6 Å². The highest BCUT2D eigenvalue weighted by Crippen LogP contribution is 2.31. The Bertz CT molecular complexity index is 842. The minimum absolute atomic E-state index is 0.133. The first-order valence-electron chi connectivity index (χ1n) is 7.78. The number of hydrogen-bond donors (Lipinski definition) is 0. The number of alkyl halides is 3. The average molecular weight is 421 g/mol. The van der Waals surface area contributed by atoms with Crippen LogP contribution in [0.15, 0.2) is 36.5 Å². The van der Waals surface area contributed by atoms with Gasteiger partial charge in [-0.05, 0) is 24.3 Å². The lowest BCUT2D eigenvalue weighted by Gasteiger charge is -2.38. The van der Waals surface area contributed by atoms with Crippen molar-refractivity contribution in [2.75, 3.05) is 19.7 Å². The molecule has 3 rings (SSSR count). The van der Waals surface area contributed by atoms with Gasteiger partial charge in [0.15, 0.2) is 6.61 Å². The fourth-order valence-corrected chi connectivity index (χ4v) is 2.82. The molecule has 27 heavy (non-hydrogen) atoms. The van der Waals surface area contributed by atoms with Crippen LogP contribution in [0.3, 0.4) is 0 Å². The Morgan fingerprint density at radius 1 is 1.22 bits per heavy atom. The molecule has 0 saturated carbocycles. The maximum absolute atomic E-state index is 12.7. The lowest BCUT2D eigenvalue weighted by atomic mass is 10.1. The zero-order chi connectivity index (χ0) is 19.6. The Kier molecular flexibility index (Phi) is 5.67. The van der Waals surface area contributed by atoms with Crippen LogP contribution in [-0.4, -0.2) is 41.6 Å². The number of pyridine rings is 1. The Morgan fingerprint density at radius 2 is 1.96 bits per heavy atom. The monoisotopic (exact) mass is 420 g/mol. The van der Waals surface area contributed by atoms with E-state index in [1.165, 1.54) is 11.0 Å². The van der Waals surface area contributed by atoms with Gasteiger partial charge >= 0.3 is 6.18 Å². The highest BCUT2D eigenvalue weighted by molar-refractivity contribution is 6.35. The summed E-state index contributed by atoms with van der Waals surface area (Å²) in [7, 11) is 0. The van der Waals surface area contributed by atoms with Crippen LogP contribution in [0.2, 0.25) is 10.0 Å². The zero-order valence-corrected chi connectivity index (χ0v) is 15.2. The summed E-state index contributed by atoms with van der Waals surface area (Å²) < 4.78 is 48.8. The first kappa shape index (κ1) is 19.6. The van der Waals surface area contributed by atoms with E-state index in [1.807, 2.05) is 0 Å². The second kappa shape index (κ2) is 7.82. The van der Waals surface area contributed by atoms with E-state index in [2.05, 4.69) is 4.98 Å². The van der Waals surface area contributed by atoms with E-state index in [-0.39, 0.29) is 36.5 Å². The molecule has 0 bridgehead atoms. The lowest BCUT2D eigenvalue weighted by Crippen LogP contribution is -2.57. The predicted molar refractivity (Wildman–Crippen MR) is 92.2 cm³/mol. The second-order valence-electron chi connectivity index (χ2n) is 5.78. The Balaban J connectivity index is 1.47. The van der Waals surface area contributed by atoms with Crippen LogP contribution >= 0.6 is 23.2 Å². The van der Waals surface area contributed by atoms with Gasteiger partial charge in [0.1, 0.15) is 11.9 Å². The third kappa shape index (κ3) is 4.95. The van der Waals surface area contributed by atoms with Crippen molar-refractivity contribution in [1.82, 2.24) is 9.88 Å². The Labute approximate surface area is 162 Å². The number of halogens is 5. The Morgan fingerprint density at radius 3 is 2.63 bits per heavy atom.